The average Bonchev–Trinajstić information content (AvgIpc) is 2.36. The van der Waals surface area contributed by atoms with E-state index in [1.54, 1.807) is 18.2 Å². The third-order valence-electron chi connectivity index (χ3n) is 2.15. The van der Waals surface area contributed by atoms with Crippen molar-refractivity contribution in [1.29, 1.82) is 0 Å². The van der Waals surface area contributed by atoms with Crippen LogP contribution in [-0.4, -0.2) is 31.0 Å². The second-order valence-electron chi connectivity index (χ2n) is 3.54. The Labute approximate surface area is 125 Å². The van der Waals surface area contributed by atoms with Gasteiger partial charge in [0.1, 0.15) is 0 Å². The van der Waals surface area contributed by atoms with Gasteiger partial charge in [0.05, 0.1) is 16.7 Å². The van der Waals surface area contributed by atoms with E-state index in [0.29, 0.717) is 35.4 Å². The SMILES string of the molecule is O=C(NCCCOCCBr)c1ccc(Cl)c(Cl)c1. The van der Waals surface area contributed by atoms with E-state index in [2.05, 4.69) is 21.2 Å². The predicted octanol–water partition coefficient (Wildman–Crippen LogP) is 3.52. The molecule has 0 atom stereocenters. The molecular weight excluding hydrogens is 341 g/mol. The van der Waals surface area contributed by atoms with Crippen LogP contribution in [0.3, 0.4) is 0 Å². The number of carbonyl (C=O) groups excluding carboxylic acids is 1. The lowest BCUT2D eigenvalue weighted by Gasteiger charge is -2.06. The predicted molar refractivity (Wildman–Crippen MR) is 78.0 cm³/mol. The lowest BCUT2D eigenvalue weighted by Crippen LogP contribution is -2.25. The van der Waals surface area contributed by atoms with Gasteiger partial charge >= 0.3 is 0 Å². The minimum absolute atomic E-state index is 0.158. The van der Waals surface area contributed by atoms with Gasteiger partial charge in [-0.3, -0.25) is 4.79 Å². The lowest BCUT2D eigenvalue weighted by atomic mass is 10.2. The second kappa shape index (κ2) is 8.75. The van der Waals surface area contributed by atoms with E-state index in [0.717, 1.165) is 11.8 Å². The molecule has 0 fully saturated rings. The number of halogens is 3. The molecule has 0 bridgehead atoms. The van der Waals surface area contributed by atoms with Crippen LogP contribution in [0.4, 0.5) is 0 Å². The molecule has 3 nitrogen and oxygen atoms in total. The molecule has 1 aromatic rings. The van der Waals surface area contributed by atoms with Gasteiger partial charge in [0.2, 0.25) is 0 Å². The molecule has 0 unspecified atom stereocenters. The summed E-state index contributed by atoms with van der Waals surface area (Å²) in [4.78, 5) is 11.7. The van der Waals surface area contributed by atoms with E-state index in [4.69, 9.17) is 27.9 Å². The van der Waals surface area contributed by atoms with Crippen molar-refractivity contribution in [2.24, 2.45) is 0 Å². The average molecular weight is 355 g/mol. The van der Waals surface area contributed by atoms with Gasteiger partial charge < -0.3 is 10.1 Å². The van der Waals surface area contributed by atoms with E-state index >= 15 is 0 Å². The van der Waals surface area contributed by atoms with Gasteiger partial charge in [-0.25, -0.2) is 0 Å². The van der Waals surface area contributed by atoms with Crippen molar-refractivity contribution in [1.82, 2.24) is 5.32 Å². The molecular formula is C12H14BrCl2NO2. The molecule has 100 valence electrons. The van der Waals surface area contributed by atoms with Crippen LogP contribution < -0.4 is 5.32 Å². The molecule has 0 aliphatic heterocycles. The van der Waals surface area contributed by atoms with Crippen molar-refractivity contribution < 1.29 is 9.53 Å². The van der Waals surface area contributed by atoms with Crippen molar-refractivity contribution in [3.05, 3.63) is 33.8 Å². The van der Waals surface area contributed by atoms with Gasteiger partial charge in [0.25, 0.3) is 5.91 Å². The smallest absolute Gasteiger partial charge is 0.251 e. The number of nitrogens with one attached hydrogen (secondary N) is 1. The van der Waals surface area contributed by atoms with Crippen LogP contribution in [0.15, 0.2) is 18.2 Å². The van der Waals surface area contributed by atoms with Crippen LogP contribution in [0.2, 0.25) is 10.0 Å². The lowest BCUT2D eigenvalue weighted by molar-refractivity contribution is 0.0944. The normalized spacial score (nSPS) is 10.4. The third kappa shape index (κ3) is 5.57. The van der Waals surface area contributed by atoms with Gasteiger partial charge in [0, 0.05) is 24.0 Å². The fraction of sp³-hybridized carbons (Fsp3) is 0.417. The summed E-state index contributed by atoms with van der Waals surface area (Å²) in [7, 11) is 0. The number of hydrogen-bond acceptors (Lipinski definition) is 2. The van der Waals surface area contributed by atoms with Crippen molar-refractivity contribution in [2.45, 2.75) is 6.42 Å². The first-order valence-electron chi connectivity index (χ1n) is 5.52. The van der Waals surface area contributed by atoms with Crippen LogP contribution in [-0.2, 0) is 4.74 Å². The molecule has 0 aliphatic carbocycles. The highest BCUT2D eigenvalue weighted by Crippen LogP contribution is 2.22. The van der Waals surface area contributed by atoms with Crippen molar-refractivity contribution in [3.8, 4) is 0 Å². The Morgan fingerprint density at radius 2 is 2.06 bits per heavy atom. The van der Waals surface area contributed by atoms with E-state index in [1.807, 2.05) is 0 Å². The Hall–Kier alpha value is -0.290. The summed E-state index contributed by atoms with van der Waals surface area (Å²) in [5.41, 5.74) is 0.505. The van der Waals surface area contributed by atoms with Gasteiger partial charge in [-0.1, -0.05) is 39.1 Å². The summed E-state index contributed by atoms with van der Waals surface area (Å²) < 4.78 is 5.27. The minimum atomic E-state index is -0.158. The third-order valence-corrected chi connectivity index (χ3v) is 3.22. The van der Waals surface area contributed by atoms with Gasteiger partial charge in [-0.15, -0.1) is 0 Å². The van der Waals surface area contributed by atoms with E-state index in [1.165, 1.54) is 0 Å². The molecule has 1 N–H and O–H groups in total. The monoisotopic (exact) mass is 353 g/mol. The molecule has 0 aliphatic rings. The summed E-state index contributed by atoms with van der Waals surface area (Å²) in [6.07, 6.45) is 0.778. The molecule has 0 heterocycles. The zero-order chi connectivity index (χ0) is 13.4. The fourth-order valence-electron chi connectivity index (χ4n) is 1.27. The Kier molecular flexibility index (Phi) is 7.66. The quantitative estimate of drug-likeness (QED) is 0.601. The number of benzene rings is 1. The van der Waals surface area contributed by atoms with E-state index < -0.39 is 0 Å². The highest BCUT2D eigenvalue weighted by Gasteiger charge is 2.07. The summed E-state index contributed by atoms with van der Waals surface area (Å²) >= 11 is 14.9. The van der Waals surface area contributed by atoms with Gasteiger partial charge in [-0.2, -0.15) is 0 Å². The van der Waals surface area contributed by atoms with Crippen molar-refractivity contribution in [3.63, 3.8) is 0 Å². The molecule has 0 saturated heterocycles. The Morgan fingerprint density at radius 3 is 2.72 bits per heavy atom. The first-order chi connectivity index (χ1) is 8.65. The highest BCUT2D eigenvalue weighted by molar-refractivity contribution is 9.09. The summed E-state index contributed by atoms with van der Waals surface area (Å²) in [6.45, 7) is 1.88. The molecule has 0 aromatic heterocycles. The summed E-state index contributed by atoms with van der Waals surface area (Å²) in [6, 6.07) is 4.81. The number of hydrogen-bond donors (Lipinski definition) is 1. The first-order valence-corrected chi connectivity index (χ1v) is 7.40. The number of amides is 1. The molecule has 1 aromatic carbocycles. The number of alkyl halides is 1. The molecule has 1 amide bonds. The summed E-state index contributed by atoms with van der Waals surface area (Å²) in [5, 5.41) is 4.43. The zero-order valence-corrected chi connectivity index (χ0v) is 12.8. The molecule has 1 rings (SSSR count). The molecule has 0 spiro atoms. The maximum Gasteiger partial charge on any atom is 0.251 e. The standard InChI is InChI=1S/C12H14BrCl2NO2/c13-4-7-18-6-1-5-16-12(17)9-2-3-10(14)11(15)8-9/h2-3,8H,1,4-7H2,(H,16,17). The van der Waals surface area contributed by atoms with E-state index in [9.17, 15) is 4.79 Å². The molecule has 0 radical (unpaired) electrons. The maximum absolute atomic E-state index is 11.7. The van der Waals surface area contributed by atoms with E-state index in [-0.39, 0.29) is 5.91 Å². The van der Waals surface area contributed by atoms with Crippen LogP contribution >= 0.6 is 39.1 Å². The highest BCUT2D eigenvalue weighted by atomic mass is 79.9. The first kappa shape index (κ1) is 15.8. The zero-order valence-electron chi connectivity index (χ0n) is 9.72. The largest absolute Gasteiger partial charge is 0.381 e. The molecule has 6 heteroatoms. The maximum atomic E-state index is 11.7. The van der Waals surface area contributed by atoms with Crippen LogP contribution in [0.1, 0.15) is 16.8 Å². The Morgan fingerprint density at radius 1 is 1.28 bits per heavy atom. The van der Waals surface area contributed by atoms with Gasteiger partial charge in [0.15, 0.2) is 0 Å². The number of carbonyl (C=O) groups is 1. The molecule has 0 saturated carbocycles. The second-order valence-corrected chi connectivity index (χ2v) is 5.15. The minimum Gasteiger partial charge on any atom is -0.381 e. The molecule has 18 heavy (non-hydrogen) atoms. The van der Waals surface area contributed by atoms with Crippen LogP contribution in [0, 0.1) is 0 Å². The Bertz CT molecular complexity index is 402. The summed E-state index contributed by atoms with van der Waals surface area (Å²) in [5.74, 6) is -0.158. The van der Waals surface area contributed by atoms with Crippen molar-refractivity contribution in [2.75, 3.05) is 25.1 Å². The van der Waals surface area contributed by atoms with Gasteiger partial charge in [-0.05, 0) is 24.6 Å². The Balaban J connectivity index is 2.30. The van der Waals surface area contributed by atoms with Crippen LogP contribution in [0.25, 0.3) is 0 Å². The fourth-order valence-corrected chi connectivity index (χ4v) is 1.80. The topological polar surface area (TPSA) is 38.3 Å². The van der Waals surface area contributed by atoms with Crippen molar-refractivity contribution >= 4 is 45.0 Å². The van der Waals surface area contributed by atoms with Crippen LogP contribution in [0.5, 0.6) is 0 Å². The number of ether oxygens (including phenoxy) is 1. The number of rotatable bonds is 7.